The van der Waals surface area contributed by atoms with Crippen LogP contribution >= 0.6 is 0 Å². The fourth-order valence-corrected chi connectivity index (χ4v) is 3.92. The zero-order chi connectivity index (χ0) is 24.4. The van der Waals surface area contributed by atoms with E-state index in [1.807, 2.05) is 41.5 Å². The van der Waals surface area contributed by atoms with Gasteiger partial charge in [0.1, 0.15) is 5.75 Å². The van der Waals surface area contributed by atoms with Crippen molar-refractivity contribution >= 4 is 10.1 Å². The predicted molar refractivity (Wildman–Crippen MR) is 138 cm³/mol. The van der Waals surface area contributed by atoms with E-state index in [2.05, 4.69) is 19.1 Å². The van der Waals surface area contributed by atoms with E-state index in [0.29, 0.717) is 6.42 Å². The predicted octanol–water partition coefficient (Wildman–Crippen LogP) is 8.57. The molecule has 0 saturated carbocycles. The minimum atomic E-state index is -3.96. The number of allylic oxidation sites excluding steroid dienone is 2. The molecule has 2 unspecified atom stereocenters. The van der Waals surface area contributed by atoms with Crippen LogP contribution in [0.2, 0.25) is 0 Å². The molecule has 1 radical (unpaired) electrons. The number of hydrogen-bond acceptors (Lipinski definition) is 3. The zero-order valence-electron chi connectivity index (χ0n) is 22.3. The summed E-state index contributed by atoms with van der Waals surface area (Å²) in [4.78, 5) is 0. The molecular formula is C26H55O4SY-. The van der Waals surface area contributed by atoms with Gasteiger partial charge in [0, 0.05) is 32.7 Å². The largest absolute Gasteiger partial charge is 0.374 e. The van der Waals surface area contributed by atoms with E-state index in [1.54, 1.807) is 0 Å². The third-order valence-electron chi connectivity index (χ3n) is 4.80. The molecular weight excluding hydrogens is 497 g/mol. The summed E-state index contributed by atoms with van der Waals surface area (Å²) < 4.78 is 36.6. The molecule has 0 aliphatic rings. The van der Waals surface area contributed by atoms with Gasteiger partial charge in [-0.15, -0.1) is 0 Å². The Hall–Kier alpha value is 0.714. The molecule has 0 aromatic carbocycles. The Balaban J connectivity index is -0.000000737. The molecule has 6 heteroatoms. The molecule has 0 spiro atoms. The summed E-state index contributed by atoms with van der Waals surface area (Å²) in [5, 5.41) is 0. The minimum Gasteiger partial charge on any atom is -0.374 e. The van der Waals surface area contributed by atoms with Crippen molar-refractivity contribution in [1.29, 1.82) is 0 Å². The Morgan fingerprint density at radius 2 is 1.28 bits per heavy atom. The smallest absolute Gasteiger partial charge is 0.267 e. The topological polar surface area (TPSA) is 63.6 Å². The average Bonchev–Trinajstić information content (AvgIpc) is 2.75. The van der Waals surface area contributed by atoms with Gasteiger partial charge in [-0.3, -0.25) is 4.55 Å². The summed E-state index contributed by atoms with van der Waals surface area (Å²) in [5.74, 6) is -0.308. The summed E-state index contributed by atoms with van der Waals surface area (Å²) in [6, 6.07) is 0. The summed E-state index contributed by atoms with van der Waals surface area (Å²) in [6.07, 6.45) is 20.6. The van der Waals surface area contributed by atoms with Crippen LogP contribution in [0, 0.1) is 6.92 Å². The maximum atomic E-state index is 10.9. The molecule has 0 fully saturated rings. The Morgan fingerprint density at radius 3 is 1.72 bits per heavy atom. The van der Waals surface area contributed by atoms with Crippen LogP contribution in [0.25, 0.3) is 0 Å². The van der Waals surface area contributed by atoms with Crippen LogP contribution in [0.1, 0.15) is 131 Å². The van der Waals surface area contributed by atoms with Gasteiger partial charge in [0.2, 0.25) is 0 Å². The van der Waals surface area contributed by atoms with E-state index < -0.39 is 16.2 Å². The molecule has 0 aromatic rings. The second-order valence-corrected chi connectivity index (χ2v) is 9.10. The fraction of sp³-hybridized carbons (Fsp3) is 0.885. The van der Waals surface area contributed by atoms with Crippen molar-refractivity contribution in [3.8, 4) is 0 Å². The number of ether oxygens (including phenoxy) is 1. The molecule has 0 bridgehead atoms. The van der Waals surface area contributed by atoms with Gasteiger partial charge in [0.05, 0.1) is 12.2 Å². The average molecular weight is 553 g/mol. The monoisotopic (exact) mass is 552 g/mol. The number of unbranched alkanes of at least 4 members (excludes halogenated alkanes) is 10. The van der Waals surface area contributed by atoms with Gasteiger partial charge in [0.25, 0.3) is 10.1 Å². The summed E-state index contributed by atoms with van der Waals surface area (Å²) in [5.41, 5.74) is 0. The number of rotatable bonds is 19. The second kappa shape index (κ2) is 31.7. The molecule has 4 nitrogen and oxygen atoms in total. The molecule has 1 N–H and O–H groups in total. The standard InChI is InChI=1S/C22H43O4S.2C2H6.Y/c1-4-6-7-8-9-10-11-12-13-14-15-16-17-18-19-21(3)26-22(5-2)20-27(23,24)25;2*1-2;/h11-12,21-22H,1,4-10,13-20H2,2-3H3,(H,23,24,25);2*1-2H3;/q-1;;;/b12-11-;;;. The van der Waals surface area contributed by atoms with E-state index in [1.165, 1.54) is 64.2 Å². The van der Waals surface area contributed by atoms with Gasteiger partial charge in [-0.05, 0) is 45.4 Å². The first kappa shape index (κ1) is 39.9. The van der Waals surface area contributed by atoms with Crippen LogP contribution in [-0.2, 0) is 47.6 Å². The molecule has 193 valence electrons. The van der Waals surface area contributed by atoms with Crippen molar-refractivity contribution in [3.63, 3.8) is 0 Å². The first-order valence-corrected chi connectivity index (χ1v) is 14.5. The molecule has 0 saturated heterocycles. The van der Waals surface area contributed by atoms with E-state index in [0.717, 1.165) is 19.3 Å². The van der Waals surface area contributed by atoms with Crippen LogP contribution in [0.3, 0.4) is 0 Å². The van der Waals surface area contributed by atoms with Gasteiger partial charge in [0.15, 0.2) is 0 Å². The summed E-state index contributed by atoms with van der Waals surface area (Å²) >= 11 is 0. The van der Waals surface area contributed by atoms with E-state index in [-0.39, 0.29) is 44.6 Å². The first-order valence-electron chi connectivity index (χ1n) is 12.9. The summed E-state index contributed by atoms with van der Waals surface area (Å²) in [7, 11) is -3.96. The molecule has 32 heavy (non-hydrogen) atoms. The van der Waals surface area contributed by atoms with Gasteiger partial charge in [-0.2, -0.15) is 14.8 Å². The van der Waals surface area contributed by atoms with Crippen molar-refractivity contribution in [1.82, 2.24) is 0 Å². The van der Waals surface area contributed by atoms with Crippen molar-refractivity contribution in [3.05, 3.63) is 19.1 Å². The van der Waals surface area contributed by atoms with Gasteiger partial charge >= 0.3 is 0 Å². The second-order valence-electron chi connectivity index (χ2n) is 7.60. The third-order valence-corrected chi connectivity index (χ3v) is 5.59. The van der Waals surface area contributed by atoms with Crippen molar-refractivity contribution in [2.75, 3.05) is 5.75 Å². The zero-order valence-corrected chi connectivity index (χ0v) is 25.9. The van der Waals surface area contributed by atoms with Crippen molar-refractivity contribution in [2.24, 2.45) is 0 Å². The fourth-order valence-electron chi connectivity index (χ4n) is 3.14. The van der Waals surface area contributed by atoms with Gasteiger partial charge in [-0.1, -0.05) is 91.7 Å². The van der Waals surface area contributed by atoms with Gasteiger partial charge < -0.3 is 11.7 Å². The maximum Gasteiger partial charge on any atom is 0.267 e. The van der Waals surface area contributed by atoms with Crippen LogP contribution in [0.5, 0.6) is 0 Å². The molecule has 0 aromatic heterocycles. The van der Waals surface area contributed by atoms with Crippen LogP contribution in [-0.4, -0.2) is 30.9 Å². The maximum absolute atomic E-state index is 10.9. The summed E-state index contributed by atoms with van der Waals surface area (Å²) in [6.45, 7) is 15.7. The normalized spacial score (nSPS) is 12.8. The molecule has 0 aliphatic carbocycles. The number of hydrogen-bond donors (Lipinski definition) is 1. The van der Waals surface area contributed by atoms with Crippen molar-refractivity contribution in [2.45, 2.75) is 144 Å². The third kappa shape index (κ3) is 35.3. The van der Waals surface area contributed by atoms with E-state index in [9.17, 15) is 8.42 Å². The van der Waals surface area contributed by atoms with Crippen LogP contribution < -0.4 is 0 Å². The molecule has 0 aliphatic heterocycles. The van der Waals surface area contributed by atoms with E-state index >= 15 is 0 Å². The van der Waals surface area contributed by atoms with Crippen molar-refractivity contribution < 1.29 is 50.4 Å². The Morgan fingerprint density at radius 1 is 0.844 bits per heavy atom. The van der Waals surface area contributed by atoms with Crippen LogP contribution in [0.15, 0.2) is 12.2 Å². The minimum absolute atomic E-state index is 0. The molecule has 0 amide bonds. The first-order chi connectivity index (χ1) is 14.9. The van der Waals surface area contributed by atoms with Crippen LogP contribution in [0.4, 0.5) is 0 Å². The SMILES string of the molecule is CC.CC.[CH2-]CCCCCC/C=C\CCCCCCCC(C)OC(CC)CS(=O)(=O)O.[Y]. The quantitative estimate of drug-likeness (QED) is 0.0755. The Labute approximate surface area is 227 Å². The molecule has 0 heterocycles. The van der Waals surface area contributed by atoms with Gasteiger partial charge in [-0.25, -0.2) is 0 Å². The van der Waals surface area contributed by atoms with E-state index in [4.69, 9.17) is 9.29 Å². The molecule has 0 rings (SSSR count). The molecule has 2 atom stereocenters. The Kier molecular flexibility index (Phi) is 39.6. The Bertz CT molecular complexity index is 453.